The first-order valence-corrected chi connectivity index (χ1v) is 31.7. The zero-order chi connectivity index (χ0) is 51.2. The van der Waals surface area contributed by atoms with E-state index >= 15 is 0 Å². The van der Waals surface area contributed by atoms with E-state index in [4.69, 9.17) is 0 Å². The highest BCUT2D eigenvalue weighted by atomic mass is 28.3. The van der Waals surface area contributed by atoms with E-state index in [-0.39, 0.29) is 24.3 Å². The minimum Gasteiger partial charge on any atom is -0.313 e. The summed E-state index contributed by atoms with van der Waals surface area (Å²) in [4.78, 5) is 2.77. The van der Waals surface area contributed by atoms with Gasteiger partial charge >= 0.3 is 0 Å². The lowest BCUT2D eigenvalue weighted by molar-refractivity contribution is 0.661. The van der Waals surface area contributed by atoms with Gasteiger partial charge in [0.25, 0.3) is 0 Å². The van der Waals surface area contributed by atoms with Crippen LogP contribution < -0.4 is 79.2 Å². The predicted octanol–water partition coefficient (Wildman–Crippen LogP) is 6.81. The standard InChI is InChI=1S/C72H53B2NSi2/c1-71(2)54-34-19-17-32-50(54)52-42-66-60(44-56(52)71)73-58-36-21-37-59-70(58)75(62-38-22-40-64(68(62)73)76(66,46-24-9-5-10-25-46)47-26-11-6-12-27-47)63-39-23-41-65-69(63)74(59)61-45-57-53(51-33-18-20-35-55(51)72(57,3)4)43-67(61)77(65,48-28-13-7-14-29-48)49-30-15-8-16-31-49/h5-45H,1-4H3. The maximum atomic E-state index is 2.77. The summed E-state index contributed by atoms with van der Waals surface area (Å²) in [6, 6.07) is 98.3. The molecule has 0 amide bonds. The molecule has 0 unspecified atom stereocenters. The number of anilines is 3. The minimum absolute atomic E-state index is 0.0172. The average Bonchev–Trinajstić information content (AvgIpc) is 3.90. The molecule has 0 aromatic heterocycles. The second-order valence-corrected chi connectivity index (χ2v) is 31.2. The van der Waals surface area contributed by atoms with Crippen molar-refractivity contribution < 1.29 is 0 Å². The third-order valence-corrected chi connectivity index (χ3v) is 29.5. The van der Waals surface area contributed by atoms with E-state index in [2.05, 4.69) is 281 Å². The van der Waals surface area contributed by atoms with E-state index in [9.17, 15) is 0 Å². The van der Waals surface area contributed by atoms with Crippen LogP contribution in [-0.2, 0) is 10.8 Å². The number of fused-ring (bicyclic) bond motifs is 14. The van der Waals surface area contributed by atoms with E-state index < -0.39 is 16.1 Å². The van der Waals surface area contributed by atoms with Crippen LogP contribution in [0.25, 0.3) is 22.3 Å². The van der Waals surface area contributed by atoms with E-state index in [1.165, 1.54) is 136 Å². The summed E-state index contributed by atoms with van der Waals surface area (Å²) in [5, 5.41) is 11.7. The summed E-state index contributed by atoms with van der Waals surface area (Å²) in [5.41, 5.74) is 23.6. The van der Waals surface area contributed by atoms with Crippen molar-refractivity contribution in [1.82, 2.24) is 0 Å². The van der Waals surface area contributed by atoms with Crippen LogP contribution in [0.15, 0.2) is 249 Å². The summed E-state index contributed by atoms with van der Waals surface area (Å²) in [5.74, 6) is 0. The van der Waals surface area contributed by atoms with Crippen LogP contribution in [-0.4, -0.2) is 29.6 Å². The van der Waals surface area contributed by atoms with Crippen molar-refractivity contribution in [1.29, 1.82) is 0 Å². The number of benzene rings is 11. The lowest BCUT2D eigenvalue weighted by atomic mass is 9.30. The monoisotopic (exact) mass is 1010 g/mol. The first-order valence-electron chi connectivity index (χ1n) is 27.7. The molecule has 0 radical (unpaired) electrons. The Kier molecular flexibility index (Phi) is 8.71. The van der Waals surface area contributed by atoms with Crippen molar-refractivity contribution >= 4 is 121 Å². The van der Waals surface area contributed by atoms with E-state index in [1.807, 2.05) is 0 Å². The number of rotatable bonds is 4. The van der Waals surface area contributed by atoms with Crippen molar-refractivity contribution in [3.8, 4) is 22.3 Å². The van der Waals surface area contributed by atoms with Gasteiger partial charge < -0.3 is 4.90 Å². The Morgan fingerprint density at radius 2 is 0.649 bits per heavy atom. The average molecular weight is 1010 g/mol. The molecule has 17 rings (SSSR count). The molecule has 4 heterocycles. The Morgan fingerprint density at radius 3 is 1.04 bits per heavy atom. The minimum atomic E-state index is -3.04. The molecule has 11 aromatic carbocycles. The molecule has 1 nitrogen and oxygen atoms in total. The van der Waals surface area contributed by atoms with Crippen LogP contribution in [0.5, 0.6) is 0 Å². The Morgan fingerprint density at radius 1 is 0.299 bits per heavy atom. The molecule has 0 saturated heterocycles. The quantitative estimate of drug-likeness (QED) is 0.176. The molecule has 11 aromatic rings. The van der Waals surface area contributed by atoms with Crippen LogP contribution in [0.1, 0.15) is 49.9 Å². The van der Waals surface area contributed by atoms with Gasteiger partial charge in [-0.3, -0.25) is 0 Å². The first-order chi connectivity index (χ1) is 37.7. The van der Waals surface area contributed by atoms with Gasteiger partial charge in [-0.2, -0.15) is 0 Å². The second kappa shape index (κ2) is 15.3. The smallest absolute Gasteiger partial charge is 0.246 e. The molecule has 0 bridgehead atoms. The fraction of sp³-hybridized carbons (Fsp3) is 0.0833. The fourth-order valence-corrected chi connectivity index (χ4v) is 27.2. The maximum absolute atomic E-state index is 3.04. The van der Waals surface area contributed by atoms with Crippen molar-refractivity contribution in [2.24, 2.45) is 0 Å². The normalized spacial score (nSPS) is 16.6. The van der Waals surface area contributed by atoms with Gasteiger partial charge in [-0.05, 0) is 120 Å². The molecular weight excluding hydrogens is 957 g/mol. The largest absolute Gasteiger partial charge is 0.313 e. The Balaban J connectivity index is 1.02. The lowest BCUT2D eigenvalue weighted by Crippen LogP contribution is -2.89. The van der Waals surface area contributed by atoms with Crippen molar-refractivity contribution in [2.75, 3.05) is 4.90 Å². The molecule has 2 aliphatic carbocycles. The summed E-state index contributed by atoms with van der Waals surface area (Å²) >= 11 is 0. The van der Waals surface area contributed by atoms with Gasteiger partial charge in [0.15, 0.2) is 16.1 Å². The van der Waals surface area contributed by atoms with Crippen molar-refractivity contribution in [2.45, 2.75) is 38.5 Å². The molecule has 5 heteroatoms. The Labute approximate surface area is 454 Å². The van der Waals surface area contributed by atoms with Crippen LogP contribution in [0.4, 0.5) is 17.1 Å². The molecule has 0 fully saturated rings. The summed E-state index contributed by atoms with van der Waals surface area (Å²) in [7, 11) is -6.08. The molecule has 0 spiro atoms. The summed E-state index contributed by atoms with van der Waals surface area (Å²) < 4.78 is 0. The number of hydrogen-bond acceptors (Lipinski definition) is 1. The molecular formula is C72H53B2NSi2. The number of para-hydroxylation sites is 1. The molecule has 0 atom stereocenters. The van der Waals surface area contributed by atoms with E-state index in [0.717, 1.165) is 0 Å². The highest BCUT2D eigenvalue weighted by Crippen LogP contribution is 2.50. The van der Waals surface area contributed by atoms with E-state index in [1.54, 1.807) is 0 Å². The van der Waals surface area contributed by atoms with Gasteiger partial charge in [-0.25, -0.2) is 0 Å². The Bertz CT molecular complexity index is 4000. The lowest BCUT2D eigenvalue weighted by Gasteiger charge is -2.52. The first kappa shape index (κ1) is 44.0. The van der Waals surface area contributed by atoms with Crippen molar-refractivity contribution in [3.63, 3.8) is 0 Å². The third-order valence-electron chi connectivity index (χ3n) is 19.7. The molecule has 6 aliphatic rings. The molecule has 0 saturated carbocycles. The van der Waals surface area contributed by atoms with Crippen LogP contribution in [0.3, 0.4) is 0 Å². The topological polar surface area (TPSA) is 3.24 Å². The Hall–Kier alpha value is -8.22. The highest BCUT2D eigenvalue weighted by Gasteiger charge is 2.58. The van der Waals surface area contributed by atoms with Gasteiger partial charge in [0.2, 0.25) is 13.4 Å². The van der Waals surface area contributed by atoms with Crippen LogP contribution in [0.2, 0.25) is 0 Å². The maximum Gasteiger partial charge on any atom is 0.246 e. The molecule has 360 valence electrons. The predicted molar refractivity (Wildman–Crippen MR) is 333 cm³/mol. The van der Waals surface area contributed by atoms with Gasteiger partial charge in [0, 0.05) is 27.9 Å². The highest BCUT2D eigenvalue weighted by molar-refractivity contribution is 7.28. The second-order valence-electron chi connectivity index (χ2n) is 23.7. The summed E-state index contributed by atoms with van der Waals surface area (Å²) in [6.07, 6.45) is 0. The fourth-order valence-electron chi connectivity index (χ4n) is 16.7. The van der Waals surface area contributed by atoms with E-state index in [0.29, 0.717) is 0 Å². The van der Waals surface area contributed by atoms with Gasteiger partial charge in [-0.1, -0.05) is 275 Å². The van der Waals surface area contributed by atoms with Gasteiger partial charge in [0.1, 0.15) is 0 Å². The van der Waals surface area contributed by atoms with Gasteiger partial charge in [-0.15, -0.1) is 0 Å². The molecule has 77 heavy (non-hydrogen) atoms. The zero-order valence-electron chi connectivity index (χ0n) is 43.8. The number of hydrogen-bond donors (Lipinski definition) is 0. The number of nitrogens with zero attached hydrogens (tertiary/aromatic N) is 1. The SMILES string of the molecule is CC1(C)c2ccccc2-c2cc3c(cc21)B1c2cccc4c2N(c2cccc(c21)[Si]3(c1ccccc1)c1ccccc1)c1cccc2c1B4c1cc3c(cc1[Si]2(c1ccccc1)c1ccccc1)-c1ccccc1C3(C)C. The van der Waals surface area contributed by atoms with Crippen molar-refractivity contribution in [3.05, 3.63) is 271 Å². The molecule has 0 N–H and O–H groups in total. The van der Waals surface area contributed by atoms with Gasteiger partial charge in [0.05, 0.1) is 0 Å². The third kappa shape index (κ3) is 5.28. The summed E-state index contributed by atoms with van der Waals surface area (Å²) in [6.45, 7) is 9.86. The van der Waals surface area contributed by atoms with Crippen LogP contribution >= 0.6 is 0 Å². The van der Waals surface area contributed by atoms with Crippen LogP contribution in [0, 0.1) is 0 Å². The zero-order valence-corrected chi connectivity index (χ0v) is 45.8. The molecule has 4 aliphatic heterocycles.